The van der Waals surface area contributed by atoms with Crippen LogP contribution in [0.4, 0.5) is 0 Å². The SMILES string of the molecule is CC(C)C1(c2cccs2)CC1(CN)CO. The largest absolute Gasteiger partial charge is 0.396 e. The van der Waals surface area contributed by atoms with Gasteiger partial charge in [-0.1, -0.05) is 19.9 Å². The lowest BCUT2D eigenvalue weighted by Gasteiger charge is -2.26. The van der Waals surface area contributed by atoms with Crippen molar-refractivity contribution in [1.29, 1.82) is 0 Å². The van der Waals surface area contributed by atoms with Crippen LogP contribution in [0.1, 0.15) is 25.1 Å². The number of aliphatic hydroxyl groups is 1. The third-order valence-electron chi connectivity index (χ3n) is 4.08. The maximum Gasteiger partial charge on any atom is 0.0508 e. The fourth-order valence-corrected chi connectivity index (χ4v) is 4.18. The average Bonchev–Trinajstić information content (AvgIpc) is 2.63. The Bertz CT molecular complexity index is 329. The molecule has 15 heavy (non-hydrogen) atoms. The lowest BCUT2D eigenvalue weighted by molar-refractivity contribution is 0.182. The van der Waals surface area contributed by atoms with E-state index in [1.54, 1.807) is 11.3 Å². The molecule has 2 nitrogen and oxygen atoms in total. The van der Waals surface area contributed by atoms with Crippen molar-refractivity contribution in [2.24, 2.45) is 17.1 Å². The molecule has 1 saturated carbocycles. The van der Waals surface area contributed by atoms with Crippen molar-refractivity contribution in [1.82, 2.24) is 0 Å². The van der Waals surface area contributed by atoms with Gasteiger partial charge in [0, 0.05) is 22.3 Å². The highest BCUT2D eigenvalue weighted by Gasteiger charge is 2.68. The molecule has 1 aromatic rings. The second-order valence-corrected chi connectivity index (χ2v) is 5.87. The zero-order valence-electron chi connectivity index (χ0n) is 9.36. The van der Waals surface area contributed by atoms with Crippen molar-refractivity contribution in [3.63, 3.8) is 0 Å². The van der Waals surface area contributed by atoms with Gasteiger partial charge in [-0.2, -0.15) is 0 Å². The van der Waals surface area contributed by atoms with Crippen molar-refractivity contribution >= 4 is 11.3 Å². The summed E-state index contributed by atoms with van der Waals surface area (Å²) >= 11 is 1.79. The summed E-state index contributed by atoms with van der Waals surface area (Å²) in [6.07, 6.45) is 1.03. The molecule has 2 atom stereocenters. The maximum absolute atomic E-state index is 9.56. The molecule has 1 fully saturated rings. The predicted molar refractivity (Wildman–Crippen MR) is 64.0 cm³/mol. The third-order valence-corrected chi connectivity index (χ3v) is 5.13. The van der Waals surface area contributed by atoms with Gasteiger partial charge >= 0.3 is 0 Å². The summed E-state index contributed by atoms with van der Waals surface area (Å²) < 4.78 is 0. The number of hydrogen-bond acceptors (Lipinski definition) is 3. The van der Waals surface area contributed by atoms with Gasteiger partial charge in [0.1, 0.15) is 0 Å². The Morgan fingerprint density at radius 2 is 2.33 bits per heavy atom. The zero-order chi connectivity index (χ0) is 11.1. The summed E-state index contributed by atoms with van der Waals surface area (Å²) in [6, 6.07) is 4.26. The van der Waals surface area contributed by atoms with Gasteiger partial charge in [-0.15, -0.1) is 11.3 Å². The minimum Gasteiger partial charge on any atom is -0.396 e. The van der Waals surface area contributed by atoms with E-state index in [0.29, 0.717) is 12.5 Å². The van der Waals surface area contributed by atoms with Gasteiger partial charge in [0.2, 0.25) is 0 Å². The predicted octanol–water partition coefficient (Wildman–Crippen LogP) is 1.98. The van der Waals surface area contributed by atoms with Crippen LogP contribution in [0.25, 0.3) is 0 Å². The van der Waals surface area contributed by atoms with Crippen molar-refractivity contribution in [2.45, 2.75) is 25.7 Å². The van der Waals surface area contributed by atoms with Crippen molar-refractivity contribution in [2.75, 3.05) is 13.2 Å². The van der Waals surface area contributed by atoms with E-state index in [2.05, 4.69) is 31.4 Å². The lowest BCUT2D eigenvalue weighted by Crippen LogP contribution is -2.32. The topological polar surface area (TPSA) is 46.2 Å². The van der Waals surface area contributed by atoms with Gasteiger partial charge < -0.3 is 10.8 Å². The van der Waals surface area contributed by atoms with Crippen molar-refractivity contribution in [3.8, 4) is 0 Å². The Hall–Kier alpha value is -0.380. The van der Waals surface area contributed by atoms with Gasteiger partial charge in [0.05, 0.1) is 6.61 Å². The van der Waals surface area contributed by atoms with E-state index in [-0.39, 0.29) is 17.4 Å². The molecule has 0 saturated heterocycles. The first-order chi connectivity index (χ1) is 7.13. The molecule has 1 aliphatic rings. The zero-order valence-corrected chi connectivity index (χ0v) is 10.2. The molecule has 2 unspecified atom stereocenters. The van der Waals surface area contributed by atoms with E-state index in [4.69, 9.17) is 5.73 Å². The standard InChI is InChI=1S/C12H19NOS/c1-9(2)12(10-4-3-5-15-10)6-11(12,7-13)8-14/h3-5,9,14H,6-8,13H2,1-2H3. The molecule has 0 amide bonds. The third kappa shape index (κ3) is 1.30. The van der Waals surface area contributed by atoms with Gasteiger partial charge in [0.15, 0.2) is 0 Å². The van der Waals surface area contributed by atoms with Crippen LogP contribution in [0.3, 0.4) is 0 Å². The Morgan fingerprint density at radius 1 is 1.60 bits per heavy atom. The van der Waals surface area contributed by atoms with E-state index in [1.807, 2.05) is 0 Å². The maximum atomic E-state index is 9.56. The van der Waals surface area contributed by atoms with E-state index in [1.165, 1.54) is 4.88 Å². The first-order valence-corrected chi connectivity index (χ1v) is 6.36. The number of hydrogen-bond donors (Lipinski definition) is 2. The van der Waals surface area contributed by atoms with Crippen LogP contribution in [-0.2, 0) is 5.41 Å². The summed E-state index contributed by atoms with van der Waals surface area (Å²) in [5.74, 6) is 0.534. The molecule has 84 valence electrons. The average molecular weight is 225 g/mol. The molecular formula is C12H19NOS. The van der Waals surface area contributed by atoms with E-state index >= 15 is 0 Å². The van der Waals surface area contributed by atoms with E-state index in [9.17, 15) is 5.11 Å². The number of nitrogens with two attached hydrogens (primary N) is 1. The Balaban J connectivity index is 2.39. The first kappa shape index (κ1) is 11.1. The summed E-state index contributed by atoms with van der Waals surface area (Å²) in [5.41, 5.74) is 5.91. The molecule has 3 N–H and O–H groups in total. The van der Waals surface area contributed by atoms with Gasteiger partial charge in [-0.05, 0) is 23.8 Å². The van der Waals surface area contributed by atoms with Crippen molar-refractivity contribution in [3.05, 3.63) is 22.4 Å². The molecule has 1 aliphatic carbocycles. The van der Waals surface area contributed by atoms with Crippen LogP contribution in [0, 0.1) is 11.3 Å². The Labute approximate surface area is 95.1 Å². The van der Waals surface area contributed by atoms with Gasteiger partial charge in [-0.25, -0.2) is 0 Å². The molecule has 1 aromatic heterocycles. The Kier molecular flexibility index (Phi) is 2.65. The molecule has 0 spiro atoms. The summed E-state index contributed by atoms with van der Waals surface area (Å²) in [5, 5.41) is 11.7. The minimum atomic E-state index is -0.0635. The van der Waals surface area contributed by atoms with Crippen LogP contribution in [0.15, 0.2) is 17.5 Å². The van der Waals surface area contributed by atoms with Gasteiger partial charge in [0.25, 0.3) is 0 Å². The molecule has 0 bridgehead atoms. The number of thiophene rings is 1. The molecule has 0 radical (unpaired) electrons. The highest BCUT2D eigenvalue weighted by atomic mass is 32.1. The molecule has 2 rings (SSSR count). The Morgan fingerprint density at radius 3 is 2.67 bits per heavy atom. The smallest absolute Gasteiger partial charge is 0.0508 e. The summed E-state index contributed by atoms with van der Waals surface area (Å²) in [7, 11) is 0. The molecule has 0 aromatic carbocycles. The van der Waals surface area contributed by atoms with Crippen LogP contribution in [0.5, 0.6) is 0 Å². The second-order valence-electron chi connectivity index (χ2n) is 4.92. The highest BCUT2D eigenvalue weighted by Crippen LogP contribution is 2.68. The lowest BCUT2D eigenvalue weighted by atomic mass is 9.82. The fourth-order valence-electron chi connectivity index (χ4n) is 2.99. The number of rotatable bonds is 4. The molecule has 0 aliphatic heterocycles. The van der Waals surface area contributed by atoms with Crippen LogP contribution >= 0.6 is 11.3 Å². The van der Waals surface area contributed by atoms with Gasteiger partial charge in [-0.3, -0.25) is 0 Å². The quantitative estimate of drug-likeness (QED) is 0.823. The van der Waals surface area contributed by atoms with E-state index in [0.717, 1.165) is 6.42 Å². The fraction of sp³-hybridized carbons (Fsp3) is 0.667. The van der Waals surface area contributed by atoms with E-state index < -0.39 is 0 Å². The van der Waals surface area contributed by atoms with Crippen molar-refractivity contribution < 1.29 is 5.11 Å². The highest BCUT2D eigenvalue weighted by molar-refractivity contribution is 7.10. The normalized spacial score (nSPS) is 34.7. The second kappa shape index (κ2) is 3.58. The van der Waals surface area contributed by atoms with Crippen LogP contribution in [-0.4, -0.2) is 18.3 Å². The molecule has 3 heteroatoms. The first-order valence-electron chi connectivity index (χ1n) is 5.48. The molecule has 1 heterocycles. The van der Waals surface area contributed by atoms with Crippen LogP contribution < -0.4 is 5.73 Å². The summed E-state index contributed by atoms with van der Waals surface area (Å²) in [4.78, 5) is 1.39. The minimum absolute atomic E-state index is 0.0635. The summed E-state index contributed by atoms with van der Waals surface area (Å²) in [6.45, 7) is 5.25. The number of aliphatic hydroxyl groups excluding tert-OH is 1. The molecular weight excluding hydrogens is 206 g/mol. The van der Waals surface area contributed by atoms with Crippen LogP contribution in [0.2, 0.25) is 0 Å². The monoisotopic (exact) mass is 225 g/mol.